The fourth-order valence-electron chi connectivity index (χ4n) is 3.54. The number of nitrogens with zero attached hydrogens (tertiary/aromatic N) is 4. The number of halogens is 1. The Morgan fingerprint density at radius 1 is 0.972 bits per heavy atom. The highest BCUT2D eigenvalue weighted by molar-refractivity contribution is 7.99. The van der Waals surface area contributed by atoms with Crippen molar-refractivity contribution in [1.82, 2.24) is 20.2 Å². The third-order valence-electron chi connectivity index (χ3n) is 5.60. The van der Waals surface area contributed by atoms with Crippen LogP contribution < -0.4 is 5.43 Å². The highest BCUT2D eigenvalue weighted by atomic mass is 35.5. The molecule has 36 heavy (non-hydrogen) atoms. The van der Waals surface area contributed by atoms with Gasteiger partial charge in [0.05, 0.1) is 11.5 Å². The van der Waals surface area contributed by atoms with Crippen molar-refractivity contribution in [2.45, 2.75) is 38.3 Å². The molecule has 0 fully saturated rings. The molecule has 1 amide bonds. The van der Waals surface area contributed by atoms with Crippen molar-refractivity contribution in [3.8, 4) is 17.1 Å². The van der Waals surface area contributed by atoms with Gasteiger partial charge in [-0.2, -0.15) is 5.10 Å². The first-order valence-corrected chi connectivity index (χ1v) is 12.9. The largest absolute Gasteiger partial charge is 0.272 e. The van der Waals surface area contributed by atoms with E-state index in [2.05, 4.69) is 65.8 Å². The molecule has 0 atom stereocenters. The van der Waals surface area contributed by atoms with E-state index >= 15 is 0 Å². The molecule has 0 unspecified atom stereocenters. The fraction of sp³-hybridized carbons (Fsp3) is 0.214. The van der Waals surface area contributed by atoms with Gasteiger partial charge >= 0.3 is 0 Å². The van der Waals surface area contributed by atoms with E-state index in [9.17, 15) is 4.79 Å². The van der Waals surface area contributed by atoms with E-state index < -0.39 is 0 Å². The van der Waals surface area contributed by atoms with Crippen LogP contribution in [0.15, 0.2) is 89.1 Å². The van der Waals surface area contributed by atoms with E-state index in [1.165, 1.54) is 17.3 Å². The number of carbonyl (C=O) groups excluding carboxylic acids is 1. The molecule has 0 saturated carbocycles. The maximum absolute atomic E-state index is 12.5. The van der Waals surface area contributed by atoms with Crippen molar-refractivity contribution in [3.63, 3.8) is 0 Å². The first-order chi connectivity index (χ1) is 17.2. The summed E-state index contributed by atoms with van der Waals surface area (Å²) >= 11 is 7.25. The third-order valence-corrected chi connectivity index (χ3v) is 6.78. The van der Waals surface area contributed by atoms with Gasteiger partial charge in [-0.15, -0.1) is 10.2 Å². The average Bonchev–Trinajstić information content (AvgIpc) is 3.30. The molecule has 8 heteroatoms. The molecule has 4 rings (SSSR count). The second kappa shape index (κ2) is 11.1. The van der Waals surface area contributed by atoms with Crippen LogP contribution in [0.5, 0.6) is 0 Å². The van der Waals surface area contributed by atoms with Gasteiger partial charge < -0.3 is 0 Å². The molecule has 1 N–H and O–H groups in total. The Labute approximate surface area is 220 Å². The lowest BCUT2D eigenvalue weighted by Gasteiger charge is -2.19. The summed E-state index contributed by atoms with van der Waals surface area (Å²) in [6.07, 6.45) is 0. The number of benzene rings is 3. The smallest absolute Gasteiger partial charge is 0.250 e. The van der Waals surface area contributed by atoms with E-state index in [0.29, 0.717) is 15.9 Å². The van der Waals surface area contributed by atoms with Crippen molar-refractivity contribution >= 4 is 35.0 Å². The summed E-state index contributed by atoms with van der Waals surface area (Å²) in [6, 6.07) is 25.6. The molecule has 0 saturated heterocycles. The first kappa shape index (κ1) is 25.7. The number of hydrogen-bond donors (Lipinski definition) is 1. The van der Waals surface area contributed by atoms with E-state index in [1.807, 2.05) is 54.0 Å². The quantitative estimate of drug-likeness (QED) is 0.172. The molecule has 1 heterocycles. The maximum Gasteiger partial charge on any atom is 0.250 e. The molecular weight excluding hydrogens is 490 g/mol. The van der Waals surface area contributed by atoms with Crippen LogP contribution in [0.25, 0.3) is 17.1 Å². The molecule has 0 aliphatic heterocycles. The van der Waals surface area contributed by atoms with Crippen LogP contribution in [0, 0.1) is 0 Å². The van der Waals surface area contributed by atoms with Crippen LogP contribution >= 0.6 is 23.4 Å². The average molecular weight is 518 g/mol. The van der Waals surface area contributed by atoms with Crippen LogP contribution in [0.3, 0.4) is 0 Å². The molecule has 4 aromatic rings. The fourth-order valence-corrected chi connectivity index (χ4v) is 4.41. The standard InChI is InChI=1S/C28H28ClN5OS/c1-19(20-12-16-23(29)17-13-20)30-31-25(35)18-36-27-33-32-26(34(27)24-8-6-5-7-9-24)21-10-14-22(15-11-21)28(2,3)4/h5-17H,18H2,1-4H3,(H,31,35). The Hall–Kier alpha value is -3.42. The minimum absolute atomic E-state index is 0.0639. The van der Waals surface area contributed by atoms with Crippen molar-refractivity contribution in [1.29, 1.82) is 0 Å². The maximum atomic E-state index is 12.5. The van der Waals surface area contributed by atoms with Gasteiger partial charge in [0.15, 0.2) is 11.0 Å². The summed E-state index contributed by atoms with van der Waals surface area (Å²) < 4.78 is 1.98. The zero-order valence-electron chi connectivity index (χ0n) is 20.7. The SMILES string of the molecule is CC(=NNC(=O)CSc1nnc(-c2ccc(C(C)(C)C)cc2)n1-c1ccccc1)c1ccc(Cl)cc1. The number of hydrogen-bond acceptors (Lipinski definition) is 5. The lowest BCUT2D eigenvalue weighted by Crippen LogP contribution is -2.21. The topological polar surface area (TPSA) is 72.2 Å². The lowest BCUT2D eigenvalue weighted by molar-refractivity contribution is -0.118. The Kier molecular flexibility index (Phi) is 7.91. The molecule has 184 valence electrons. The Balaban J connectivity index is 1.53. The zero-order valence-corrected chi connectivity index (χ0v) is 22.3. The minimum atomic E-state index is -0.230. The first-order valence-electron chi connectivity index (χ1n) is 11.6. The Morgan fingerprint density at radius 3 is 2.28 bits per heavy atom. The predicted molar refractivity (Wildman–Crippen MR) is 148 cm³/mol. The lowest BCUT2D eigenvalue weighted by atomic mass is 9.87. The van der Waals surface area contributed by atoms with Gasteiger partial charge in [0.2, 0.25) is 0 Å². The second-order valence-electron chi connectivity index (χ2n) is 9.33. The van der Waals surface area contributed by atoms with Gasteiger partial charge in [0.1, 0.15) is 0 Å². The second-order valence-corrected chi connectivity index (χ2v) is 10.7. The molecule has 0 spiro atoms. The van der Waals surface area contributed by atoms with Crippen LogP contribution in [-0.2, 0) is 10.2 Å². The molecule has 1 aromatic heterocycles. The van der Waals surface area contributed by atoms with Crippen LogP contribution in [-0.4, -0.2) is 32.1 Å². The summed E-state index contributed by atoms with van der Waals surface area (Å²) in [7, 11) is 0. The molecule has 0 bridgehead atoms. The summed E-state index contributed by atoms with van der Waals surface area (Å²) in [5, 5.41) is 14.4. The number of rotatable bonds is 7. The number of amides is 1. The Morgan fingerprint density at radius 2 is 1.64 bits per heavy atom. The van der Waals surface area contributed by atoms with E-state index in [1.54, 1.807) is 12.1 Å². The van der Waals surface area contributed by atoms with Gasteiger partial charge in [-0.3, -0.25) is 9.36 Å². The number of carbonyl (C=O) groups is 1. The van der Waals surface area contributed by atoms with Gasteiger partial charge in [-0.05, 0) is 47.7 Å². The molecule has 0 aliphatic carbocycles. The molecular formula is C28H28ClN5OS. The van der Waals surface area contributed by atoms with Gasteiger partial charge in [-0.1, -0.05) is 98.7 Å². The highest BCUT2D eigenvalue weighted by Crippen LogP contribution is 2.30. The molecule has 0 aliphatic rings. The summed E-state index contributed by atoms with van der Waals surface area (Å²) in [4.78, 5) is 12.5. The monoisotopic (exact) mass is 517 g/mol. The number of thioether (sulfide) groups is 1. The van der Waals surface area contributed by atoms with Crippen LogP contribution in [0.4, 0.5) is 0 Å². The predicted octanol–water partition coefficient (Wildman–Crippen LogP) is 6.52. The number of nitrogens with one attached hydrogen (secondary N) is 1. The summed E-state index contributed by atoms with van der Waals surface area (Å²) in [6.45, 7) is 8.40. The van der Waals surface area contributed by atoms with Crippen LogP contribution in [0.2, 0.25) is 5.02 Å². The third kappa shape index (κ3) is 6.22. The molecule has 6 nitrogen and oxygen atoms in total. The normalized spacial score (nSPS) is 12.0. The van der Waals surface area contributed by atoms with Crippen molar-refractivity contribution in [2.75, 3.05) is 5.75 Å². The minimum Gasteiger partial charge on any atom is -0.272 e. The van der Waals surface area contributed by atoms with E-state index in [-0.39, 0.29) is 17.1 Å². The van der Waals surface area contributed by atoms with Crippen molar-refractivity contribution in [3.05, 3.63) is 95.0 Å². The molecule has 0 radical (unpaired) electrons. The van der Waals surface area contributed by atoms with Gasteiger partial charge in [-0.25, -0.2) is 5.43 Å². The van der Waals surface area contributed by atoms with E-state index in [0.717, 1.165) is 22.6 Å². The Bertz CT molecular complexity index is 1360. The summed E-state index contributed by atoms with van der Waals surface area (Å²) in [5.74, 6) is 0.638. The van der Waals surface area contributed by atoms with E-state index in [4.69, 9.17) is 11.6 Å². The molecule has 3 aromatic carbocycles. The summed E-state index contributed by atoms with van der Waals surface area (Å²) in [5.41, 5.74) is 7.40. The van der Waals surface area contributed by atoms with Crippen molar-refractivity contribution in [2.24, 2.45) is 5.10 Å². The van der Waals surface area contributed by atoms with Crippen molar-refractivity contribution < 1.29 is 4.79 Å². The highest BCUT2D eigenvalue weighted by Gasteiger charge is 2.19. The number of para-hydroxylation sites is 1. The number of hydrazone groups is 1. The van der Waals surface area contributed by atoms with Gasteiger partial charge in [0, 0.05) is 16.3 Å². The van der Waals surface area contributed by atoms with Gasteiger partial charge in [0.25, 0.3) is 5.91 Å². The zero-order chi connectivity index (χ0) is 25.7. The van der Waals surface area contributed by atoms with Crippen LogP contribution in [0.1, 0.15) is 38.8 Å². The number of aromatic nitrogens is 3.